The van der Waals surface area contributed by atoms with Gasteiger partial charge in [-0.2, -0.15) is 0 Å². The van der Waals surface area contributed by atoms with Crippen LogP contribution in [-0.4, -0.2) is 49.2 Å². The molecule has 1 N–H and O–H groups in total. The van der Waals surface area contributed by atoms with Gasteiger partial charge in [-0.1, -0.05) is 32.0 Å². The van der Waals surface area contributed by atoms with Gasteiger partial charge in [0.25, 0.3) is 5.91 Å². The lowest BCUT2D eigenvalue weighted by Gasteiger charge is -2.35. The van der Waals surface area contributed by atoms with E-state index >= 15 is 0 Å². The van der Waals surface area contributed by atoms with Crippen LogP contribution < -0.4 is 0 Å². The van der Waals surface area contributed by atoms with Crippen molar-refractivity contribution in [2.45, 2.75) is 52.5 Å². The van der Waals surface area contributed by atoms with Crippen molar-refractivity contribution in [2.75, 3.05) is 6.54 Å². The summed E-state index contributed by atoms with van der Waals surface area (Å²) >= 11 is 0. The largest absolute Gasteiger partial charge is 0.481 e. The molecule has 2 heterocycles. The second-order valence-corrected chi connectivity index (χ2v) is 7.53. The highest BCUT2D eigenvalue weighted by Gasteiger charge is 2.34. The van der Waals surface area contributed by atoms with Gasteiger partial charge in [0.1, 0.15) is 5.82 Å². The minimum atomic E-state index is -0.861. The van der Waals surface area contributed by atoms with E-state index in [1.807, 2.05) is 38.1 Å². The Bertz CT molecular complexity index is 859. The highest BCUT2D eigenvalue weighted by molar-refractivity contribution is 5.91. The number of piperidine rings is 1. The molecule has 0 aliphatic carbocycles. The topological polar surface area (TPSA) is 88.3 Å². The monoisotopic (exact) mass is 370 g/mol. The lowest BCUT2D eigenvalue weighted by atomic mass is 9.93. The Kier molecular flexibility index (Phi) is 5.30. The molecule has 3 rings (SSSR count). The number of hydrogen-bond donors (Lipinski definition) is 1. The van der Waals surface area contributed by atoms with Crippen molar-refractivity contribution in [3.63, 3.8) is 0 Å². The Morgan fingerprint density at radius 1 is 1.22 bits per heavy atom. The quantitative estimate of drug-likeness (QED) is 0.894. The Labute approximate surface area is 159 Å². The number of carbonyl (C=O) groups is 2. The van der Waals surface area contributed by atoms with Gasteiger partial charge in [-0.25, -0.2) is 9.67 Å². The molecule has 2 aromatic rings. The second-order valence-electron chi connectivity index (χ2n) is 7.53. The fourth-order valence-electron chi connectivity index (χ4n) is 3.60. The van der Waals surface area contributed by atoms with Crippen molar-refractivity contribution in [1.82, 2.24) is 19.7 Å². The molecule has 0 spiro atoms. The fourth-order valence-corrected chi connectivity index (χ4v) is 3.60. The van der Waals surface area contributed by atoms with E-state index in [0.717, 1.165) is 11.3 Å². The number of nitrogens with zero attached hydrogens (tertiary/aromatic N) is 4. The zero-order valence-corrected chi connectivity index (χ0v) is 16.2. The average molecular weight is 370 g/mol. The van der Waals surface area contributed by atoms with Gasteiger partial charge in [0.05, 0.1) is 11.6 Å². The highest BCUT2D eigenvalue weighted by atomic mass is 16.4. The van der Waals surface area contributed by atoms with Crippen molar-refractivity contribution in [3.8, 4) is 5.69 Å². The molecular weight excluding hydrogens is 344 g/mol. The third-order valence-electron chi connectivity index (χ3n) is 5.24. The van der Waals surface area contributed by atoms with Crippen LogP contribution in [0.3, 0.4) is 0 Å². The summed E-state index contributed by atoms with van der Waals surface area (Å²) in [5.41, 5.74) is 2.04. The Morgan fingerprint density at radius 2 is 1.93 bits per heavy atom. The molecule has 1 fully saturated rings. The Hall–Kier alpha value is -2.70. The van der Waals surface area contributed by atoms with Crippen LogP contribution in [0.5, 0.6) is 0 Å². The minimum absolute atomic E-state index is 0.0247. The summed E-state index contributed by atoms with van der Waals surface area (Å²) in [5.74, 6) is -0.648. The first-order valence-electron chi connectivity index (χ1n) is 9.36. The van der Waals surface area contributed by atoms with Gasteiger partial charge in [-0.3, -0.25) is 9.59 Å². The molecule has 144 valence electrons. The van der Waals surface area contributed by atoms with Gasteiger partial charge >= 0.3 is 5.97 Å². The predicted octanol–water partition coefficient (Wildman–Crippen LogP) is 3.02. The zero-order chi connectivity index (χ0) is 19.7. The summed E-state index contributed by atoms with van der Waals surface area (Å²) in [5, 5.41) is 13.8. The summed E-state index contributed by atoms with van der Waals surface area (Å²) in [7, 11) is 0. The van der Waals surface area contributed by atoms with Crippen LogP contribution in [0.2, 0.25) is 0 Å². The van der Waals surface area contributed by atoms with Crippen LogP contribution in [0.15, 0.2) is 24.3 Å². The average Bonchev–Trinajstić information content (AvgIpc) is 3.03. The number of carbonyl (C=O) groups excluding carboxylic acids is 1. The van der Waals surface area contributed by atoms with Gasteiger partial charge < -0.3 is 10.0 Å². The van der Waals surface area contributed by atoms with E-state index in [-0.39, 0.29) is 24.3 Å². The molecule has 1 saturated heterocycles. The van der Waals surface area contributed by atoms with Crippen LogP contribution in [0.25, 0.3) is 5.69 Å². The van der Waals surface area contributed by atoms with E-state index in [1.165, 1.54) is 0 Å². The van der Waals surface area contributed by atoms with Gasteiger partial charge in [0.2, 0.25) is 5.82 Å². The van der Waals surface area contributed by atoms with Gasteiger partial charge in [0.15, 0.2) is 0 Å². The van der Waals surface area contributed by atoms with Gasteiger partial charge in [-0.15, -0.1) is 5.10 Å². The third-order valence-corrected chi connectivity index (χ3v) is 5.24. The molecule has 1 aliphatic heterocycles. The Morgan fingerprint density at radius 3 is 2.59 bits per heavy atom. The number of aryl methyl sites for hydroxylation is 1. The van der Waals surface area contributed by atoms with Crippen molar-refractivity contribution in [1.29, 1.82) is 0 Å². The van der Waals surface area contributed by atoms with Crippen molar-refractivity contribution < 1.29 is 14.7 Å². The SMILES string of the molecule is Cc1nc(C(=O)N2CC(C(=O)O)CCC2C)nn1-c1ccccc1C(C)C. The summed E-state index contributed by atoms with van der Waals surface area (Å²) in [6.07, 6.45) is 1.25. The van der Waals surface area contributed by atoms with Crippen molar-refractivity contribution in [2.24, 2.45) is 5.92 Å². The van der Waals surface area contributed by atoms with Crippen LogP contribution >= 0.6 is 0 Å². The number of carboxylic acids is 1. The zero-order valence-electron chi connectivity index (χ0n) is 16.2. The maximum atomic E-state index is 13.0. The summed E-state index contributed by atoms with van der Waals surface area (Å²) in [6, 6.07) is 7.91. The molecule has 1 aliphatic rings. The van der Waals surface area contributed by atoms with Gasteiger partial charge in [0, 0.05) is 12.6 Å². The van der Waals surface area contributed by atoms with Crippen LogP contribution in [0, 0.1) is 12.8 Å². The lowest BCUT2D eigenvalue weighted by Crippen LogP contribution is -2.47. The number of aliphatic carboxylic acids is 1. The molecule has 1 aromatic heterocycles. The van der Waals surface area contributed by atoms with E-state index in [1.54, 1.807) is 9.58 Å². The third kappa shape index (κ3) is 3.72. The van der Waals surface area contributed by atoms with E-state index in [0.29, 0.717) is 24.6 Å². The van der Waals surface area contributed by atoms with E-state index < -0.39 is 11.9 Å². The molecule has 0 bridgehead atoms. The molecule has 0 radical (unpaired) electrons. The molecular formula is C20H26N4O3. The number of carboxylic acid groups (broad SMARTS) is 1. The van der Waals surface area contributed by atoms with E-state index in [4.69, 9.17) is 0 Å². The fraction of sp³-hybridized carbons (Fsp3) is 0.500. The smallest absolute Gasteiger partial charge is 0.308 e. The number of benzene rings is 1. The summed E-state index contributed by atoms with van der Waals surface area (Å²) in [6.45, 7) is 8.18. The molecule has 2 atom stereocenters. The molecule has 7 heteroatoms. The highest BCUT2D eigenvalue weighted by Crippen LogP contribution is 2.25. The molecule has 0 saturated carbocycles. The standard InChI is InChI=1S/C20H26N4O3/c1-12(2)16-7-5-6-8-17(16)24-14(4)21-18(22-24)19(25)23-11-15(20(26)27)10-9-13(23)3/h5-8,12-13,15H,9-11H2,1-4H3,(H,26,27). The number of para-hydroxylation sites is 1. The Balaban J connectivity index is 1.92. The first-order valence-corrected chi connectivity index (χ1v) is 9.36. The molecule has 1 aromatic carbocycles. The van der Waals surface area contributed by atoms with Crippen LogP contribution in [0.4, 0.5) is 0 Å². The molecule has 27 heavy (non-hydrogen) atoms. The first-order chi connectivity index (χ1) is 12.8. The normalized spacial score (nSPS) is 20.1. The molecule has 2 unspecified atom stereocenters. The van der Waals surface area contributed by atoms with Gasteiger partial charge in [-0.05, 0) is 44.2 Å². The number of aromatic nitrogens is 3. The van der Waals surface area contributed by atoms with Crippen LogP contribution in [0.1, 0.15) is 61.5 Å². The number of hydrogen-bond acceptors (Lipinski definition) is 4. The molecule has 7 nitrogen and oxygen atoms in total. The maximum absolute atomic E-state index is 13.0. The van der Waals surface area contributed by atoms with Crippen molar-refractivity contribution in [3.05, 3.63) is 41.5 Å². The number of rotatable bonds is 4. The first kappa shape index (κ1) is 19.1. The summed E-state index contributed by atoms with van der Waals surface area (Å²) in [4.78, 5) is 30.3. The number of likely N-dealkylation sites (tertiary alicyclic amines) is 1. The summed E-state index contributed by atoms with van der Waals surface area (Å²) < 4.78 is 1.70. The number of amides is 1. The lowest BCUT2D eigenvalue weighted by molar-refractivity contribution is -0.143. The van der Waals surface area contributed by atoms with Crippen molar-refractivity contribution >= 4 is 11.9 Å². The van der Waals surface area contributed by atoms with E-state index in [2.05, 4.69) is 23.9 Å². The minimum Gasteiger partial charge on any atom is -0.481 e. The maximum Gasteiger partial charge on any atom is 0.308 e. The predicted molar refractivity (Wildman–Crippen MR) is 101 cm³/mol. The van der Waals surface area contributed by atoms with Crippen LogP contribution in [-0.2, 0) is 4.79 Å². The second kappa shape index (κ2) is 7.50. The molecule has 1 amide bonds. The van der Waals surface area contributed by atoms with E-state index in [9.17, 15) is 14.7 Å².